The molecule has 0 atom stereocenters. The molecule has 0 radical (unpaired) electrons. The molecule has 0 spiro atoms. The quantitative estimate of drug-likeness (QED) is 0.693. The molecule has 0 saturated carbocycles. The van der Waals surface area contributed by atoms with Gasteiger partial charge in [0.25, 0.3) is 0 Å². The molecule has 1 rings (SSSR count). The van der Waals surface area contributed by atoms with Crippen molar-refractivity contribution < 1.29 is 4.79 Å². The van der Waals surface area contributed by atoms with Gasteiger partial charge < -0.3 is 9.88 Å². The Hall–Kier alpha value is -1.32. The van der Waals surface area contributed by atoms with E-state index in [1.165, 1.54) is 0 Å². The molecule has 1 aromatic heterocycles. The van der Waals surface area contributed by atoms with E-state index >= 15 is 0 Å². The first kappa shape index (κ1) is 10.8. The fourth-order valence-electron chi connectivity index (χ4n) is 1.28. The zero-order valence-corrected chi connectivity index (χ0v) is 8.57. The number of hydrogen-bond donors (Lipinski definition) is 1. The first-order valence-corrected chi connectivity index (χ1v) is 4.99. The smallest absolute Gasteiger partial charge is 0.216 e. The maximum Gasteiger partial charge on any atom is 0.216 e. The van der Waals surface area contributed by atoms with E-state index < -0.39 is 0 Å². The molecule has 0 fully saturated rings. The Labute approximate surface area is 84.3 Å². The average Bonchev–Trinajstić information content (AvgIpc) is 2.63. The second kappa shape index (κ2) is 6.18. The van der Waals surface area contributed by atoms with Gasteiger partial charge in [-0.2, -0.15) is 0 Å². The number of hydrogen-bond acceptors (Lipinski definition) is 2. The largest absolute Gasteiger partial charge is 0.356 e. The van der Waals surface area contributed by atoms with E-state index in [-0.39, 0.29) is 5.91 Å². The minimum atomic E-state index is 0.0552. The lowest BCUT2D eigenvalue weighted by Gasteiger charge is -2.03. The lowest BCUT2D eigenvalue weighted by Crippen LogP contribution is -2.20. The molecule has 0 aromatic carbocycles. The molecule has 4 nitrogen and oxygen atoms in total. The van der Waals surface area contributed by atoms with Crippen LogP contribution in [0.5, 0.6) is 0 Å². The predicted octanol–water partition coefficient (Wildman–Crippen LogP) is 1.19. The van der Waals surface area contributed by atoms with Crippen LogP contribution in [-0.2, 0) is 11.3 Å². The van der Waals surface area contributed by atoms with Crippen molar-refractivity contribution in [3.8, 4) is 0 Å². The Morgan fingerprint density at radius 2 is 2.29 bits per heavy atom. The predicted molar refractivity (Wildman–Crippen MR) is 54.8 cm³/mol. The van der Waals surface area contributed by atoms with Gasteiger partial charge in [0.2, 0.25) is 5.91 Å². The summed E-state index contributed by atoms with van der Waals surface area (Å²) in [6.45, 7) is 3.35. The zero-order valence-electron chi connectivity index (χ0n) is 8.57. The minimum absolute atomic E-state index is 0.0552. The van der Waals surface area contributed by atoms with Crippen LogP contribution in [0.25, 0.3) is 0 Å². The van der Waals surface area contributed by atoms with Crippen molar-refractivity contribution >= 4 is 5.91 Å². The third-order valence-electron chi connectivity index (χ3n) is 2.03. The number of aromatic nitrogens is 2. The Bertz CT molecular complexity index is 256. The number of carbonyl (C=O) groups excluding carboxylic acids is 1. The van der Waals surface area contributed by atoms with Crippen LogP contribution in [0, 0.1) is 0 Å². The highest BCUT2D eigenvalue weighted by molar-refractivity contribution is 5.72. The standard InChI is InChI=1S/C10H17N3O/c1-10(14)12-5-3-2-4-7-13-8-6-11-9-13/h6,8-9H,2-5,7H2,1H3,(H,12,14). The van der Waals surface area contributed by atoms with E-state index in [9.17, 15) is 4.79 Å². The van der Waals surface area contributed by atoms with E-state index in [1.54, 1.807) is 13.1 Å². The molecule has 0 unspecified atom stereocenters. The maximum absolute atomic E-state index is 10.5. The van der Waals surface area contributed by atoms with Crippen LogP contribution in [-0.4, -0.2) is 22.0 Å². The summed E-state index contributed by atoms with van der Waals surface area (Å²) in [6, 6.07) is 0. The fraction of sp³-hybridized carbons (Fsp3) is 0.600. The Kier molecular flexibility index (Phi) is 4.75. The van der Waals surface area contributed by atoms with Gasteiger partial charge in [0.15, 0.2) is 0 Å². The second-order valence-corrected chi connectivity index (χ2v) is 3.34. The van der Waals surface area contributed by atoms with Crippen LogP contribution >= 0.6 is 0 Å². The summed E-state index contributed by atoms with van der Waals surface area (Å²) in [6.07, 6.45) is 8.90. The molecular weight excluding hydrogens is 178 g/mol. The van der Waals surface area contributed by atoms with Gasteiger partial charge in [-0.15, -0.1) is 0 Å². The van der Waals surface area contributed by atoms with E-state index in [0.29, 0.717) is 0 Å². The van der Waals surface area contributed by atoms with Gasteiger partial charge in [0, 0.05) is 32.4 Å². The Morgan fingerprint density at radius 1 is 1.43 bits per heavy atom. The third-order valence-corrected chi connectivity index (χ3v) is 2.03. The highest BCUT2D eigenvalue weighted by atomic mass is 16.1. The second-order valence-electron chi connectivity index (χ2n) is 3.34. The molecule has 1 N–H and O–H groups in total. The number of unbranched alkanes of at least 4 members (excludes halogenated alkanes) is 2. The molecular formula is C10H17N3O. The number of nitrogens with zero attached hydrogens (tertiary/aromatic N) is 2. The van der Waals surface area contributed by atoms with Crippen LogP contribution in [0.4, 0.5) is 0 Å². The summed E-state index contributed by atoms with van der Waals surface area (Å²) < 4.78 is 2.07. The van der Waals surface area contributed by atoms with Crippen LogP contribution in [0.15, 0.2) is 18.7 Å². The SMILES string of the molecule is CC(=O)NCCCCCn1ccnc1. The summed E-state index contributed by atoms with van der Waals surface area (Å²) in [5.41, 5.74) is 0. The average molecular weight is 195 g/mol. The van der Waals surface area contributed by atoms with Crippen LogP contribution in [0.2, 0.25) is 0 Å². The maximum atomic E-state index is 10.5. The first-order chi connectivity index (χ1) is 6.79. The topological polar surface area (TPSA) is 46.9 Å². The minimum Gasteiger partial charge on any atom is -0.356 e. The number of nitrogens with one attached hydrogen (secondary N) is 1. The van der Waals surface area contributed by atoms with E-state index in [0.717, 1.165) is 32.4 Å². The molecule has 1 amide bonds. The van der Waals surface area contributed by atoms with Crippen molar-refractivity contribution in [2.45, 2.75) is 32.7 Å². The number of amides is 1. The molecule has 0 saturated heterocycles. The number of carbonyl (C=O) groups is 1. The first-order valence-electron chi connectivity index (χ1n) is 4.99. The highest BCUT2D eigenvalue weighted by Crippen LogP contribution is 1.97. The Balaban J connectivity index is 1.92. The number of aryl methyl sites for hydroxylation is 1. The van der Waals surface area contributed by atoms with E-state index in [2.05, 4.69) is 14.9 Å². The van der Waals surface area contributed by atoms with Crippen molar-refractivity contribution in [2.24, 2.45) is 0 Å². The molecule has 78 valence electrons. The van der Waals surface area contributed by atoms with Gasteiger partial charge in [0.1, 0.15) is 0 Å². The summed E-state index contributed by atoms with van der Waals surface area (Å²) in [5.74, 6) is 0.0552. The highest BCUT2D eigenvalue weighted by Gasteiger charge is 1.92. The van der Waals surface area contributed by atoms with Gasteiger partial charge >= 0.3 is 0 Å². The third kappa shape index (κ3) is 4.64. The van der Waals surface area contributed by atoms with Crippen LogP contribution in [0.3, 0.4) is 0 Å². The number of imidazole rings is 1. The van der Waals surface area contributed by atoms with Crippen molar-refractivity contribution in [2.75, 3.05) is 6.54 Å². The van der Waals surface area contributed by atoms with Crippen LogP contribution < -0.4 is 5.32 Å². The lowest BCUT2D eigenvalue weighted by atomic mass is 10.2. The van der Waals surface area contributed by atoms with Crippen molar-refractivity contribution in [3.63, 3.8) is 0 Å². The van der Waals surface area contributed by atoms with Gasteiger partial charge in [-0.1, -0.05) is 0 Å². The van der Waals surface area contributed by atoms with Crippen molar-refractivity contribution in [3.05, 3.63) is 18.7 Å². The van der Waals surface area contributed by atoms with Crippen molar-refractivity contribution in [1.29, 1.82) is 0 Å². The molecule has 1 heterocycles. The van der Waals surface area contributed by atoms with Gasteiger partial charge in [0.05, 0.1) is 6.33 Å². The van der Waals surface area contributed by atoms with Gasteiger partial charge in [-0.25, -0.2) is 4.98 Å². The molecule has 4 heteroatoms. The molecule has 1 aromatic rings. The van der Waals surface area contributed by atoms with Gasteiger partial charge in [-0.3, -0.25) is 4.79 Å². The molecule has 0 aliphatic heterocycles. The molecule has 14 heavy (non-hydrogen) atoms. The molecule has 0 aliphatic rings. The van der Waals surface area contributed by atoms with Gasteiger partial charge in [-0.05, 0) is 19.3 Å². The van der Waals surface area contributed by atoms with Crippen LogP contribution in [0.1, 0.15) is 26.2 Å². The molecule has 0 bridgehead atoms. The summed E-state index contributed by atoms with van der Waals surface area (Å²) in [4.78, 5) is 14.5. The summed E-state index contributed by atoms with van der Waals surface area (Å²) >= 11 is 0. The number of rotatable bonds is 6. The van der Waals surface area contributed by atoms with E-state index in [4.69, 9.17) is 0 Å². The van der Waals surface area contributed by atoms with E-state index in [1.807, 2.05) is 12.5 Å². The molecule has 0 aliphatic carbocycles. The summed E-state index contributed by atoms with van der Waals surface area (Å²) in [7, 11) is 0. The Morgan fingerprint density at radius 3 is 2.93 bits per heavy atom. The fourth-order valence-corrected chi connectivity index (χ4v) is 1.28. The summed E-state index contributed by atoms with van der Waals surface area (Å²) in [5, 5.41) is 2.78. The zero-order chi connectivity index (χ0) is 10.2. The lowest BCUT2D eigenvalue weighted by molar-refractivity contribution is -0.118. The normalized spacial score (nSPS) is 10.1. The monoisotopic (exact) mass is 195 g/mol. The van der Waals surface area contributed by atoms with Crippen molar-refractivity contribution in [1.82, 2.24) is 14.9 Å².